The topological polar surface area (TPSA) is 74.8 Å². The van der Waals surface area contributed by atoms with Crippen LogP contribution in [0.5, 0.6) is 0 Å². The van der Waals surface area contributed by atoms with E-state index in [2.05, 4.69) is 20.9 Å². The van der Waals surface area contributed by atoms with Crippen molar-refractivity contribution in [2.75, 3.05) is 25.0 Å². The zero-order chi connectivity index (χ0) is 21.2. The molecule has 0 spiro atoms. The number of hydrogen-bond acceptors (Lipinski definition) is 3. The van der Waals surface area contributed by atoms with Crippen LogP contribution in [0.4, 0.5) is 5.69 Å². The van der Waals surface area contributed by atoms with Crippen molar-refractivity contribution in [2.45, 2.75) is 38.8 Å². The molecule has 1 unspecified atom stereocenters. The molecule has 1 aliphatic heterocycles. The lowest BCUT2D eigenvalue weighted by Crippen LogP contribution is -2.38. The number of halogens is 1. The molecule has 2 aromatic carbocycles. The van der Waals surface area contributed by atoms with Crippen molar-refractivity contribution in [2.24, 2.45) is 4.99 Å². The summed E-state index contributed by atoms with van der Waals surface area (Å²) in [7, 11) is 0. The third kappa shape index (κ3) is 7.04. The predicted molar refractivity (Wildman–Crippen MR) is 122 cm³/mol. The van der Waals surface area contributed by atoms with Gasteiger partial charge >= 0.3 is 0 Å². The van der Waals surface area contributed by atoms with Gasteiger partial charge in [-0.25, -0.2) is 4.99 Å². The number of amides is 1. The quantitative estimate of drug-likeness (QED) is 0.442. The van der Waals surface area contributed by atoms with E-state index in [9.17, 15) is 4.79 Å². The second-order valence-corrected chi connectivity index (χ2v) is 7.63. The Balaban J connectivity index is 1.53. The number of benzene rings is 2. The van der Waals surface area contributed by atoms with E-state index in [1.807, 2.05) is 55.5 Å². The van der Waals surface area contributed by atoms with E-state index in [4.69, 9.17) is 16.3 Å². The molecule has 1 saturated heterocycles. The Morgan fingerprint density at radius 1 is 1.17 bits per heavy atom. The van der Waals surface area contributed by atoms with Crippen molar-refractivity contribution in [1.29, 1.82) is 0 Å². The van der Waals surface area contributed by atoms with Crippen LogP contribution in [0.15, 0.2) is 53.5 Å². The number of aliphatic imine (C=N–C) groups is 1. The zero-order valence-corrected chi connectivity index (χ0v) is 18.0. The first-order valence-electron chi connectivity index (χ1n) is 10.4. The summed E-state index contributed by atoms with van der Waals surface area (Å²) in [5.41, 5.74) is 3.01. The number of hydrogen-bond donors (Lipinski definition) is 3. The predicted octanol–water partition coefficient (Wildman–Crippen LogP) is 3.76. The van der Waals surface area contributed by atoms with E-state index in [1.165, 1.54) is 5.56 Å². The van der Waals surface area contributed by atoms with Crippen LogP contribution in [0.3, 0.4) is 0 Å². The van der Waals surface area contributed by atoms with Gasteiger partial charge in [0.1, 0.15) is 6.10 Å². The number of guanidine groups is 1. The van der Waals surface area contributed by atoms with Crippen molar-refractivity contribution in [3.05, 3.63) is 64.7 Å². The molecule has 1 aliphatic rings. The molecule has 1 atom stereocenters. The number of nitrogens with zero attached hydrogens (tertiary/aromatic N) is 1. The van der Waals surface area contributed by atoms with Crippen molar-refractivity contribution < 1.29 is 9.53 Å². The lowest BCUT2D eigenvalue weighted by Gasteiger charge is -2.12. The number of carbonyl (C=O) groups excluding carboxylic acids is 1. The fourth-order valence-electron chi connectivity index (χ4n) is 3.24. The highest BCUT2D eigenvalue weighted by molar-refractivity contribution is 6.30. The summed E-state index contributed by atoms with van der Waals surface area (Å²) in [5, 5.41) is 10.3. The normalized spacial score (nSPS) is 16.3. The van der Waals surface area contributed by atoms with Crippen LogP contribution < -0.4 is 16.0 Å². The molecule has 0 saturated carbocycles. The van der Waals surface area contributed by atoms with E-state index in [0.29, 0.717) is 13.2 Å². The van der Waals surface area contributed by atoms with Gasteiger partial charge in [-0.3, -0.25) is 4.79 Å². The maximum Gasteiger partial charge on any atom is 0.253 e. The summed E-state index contributed by atoms with van der Waals surface area (Å²) in [6, 6.07) is 15.6. The molecule has 1 fully saturated rings. The molecule has 0 aliphatic carbocycles. The van der Waals surface area contributed by atoms with E-state index >= 15 is 0 Å². The summed E-state index contributed by atoms with van der Waals surface area (Å²) < 4.78 is 5.44. The van der Waals surface area contributed by atoms with Crippen molar-refractivity contribution in [3.8, 4) is 0 Å². The molecule has 3 N–H and O–H groups in total. The Morgan fingerprint density at radius 3 is 2.73 bits per heavy atom. The molecular formula is C23H29ClN4O2. The standard InChI is InChI=1S/C23H29ClN4O2/c1-2-25-23(26-13-12-17-8-10-19(24)11-9-17)27-16-18-5-3-6-20(15-18)28-22(29)21-7-4-14-30-21/h3,5-6,8-11,15,21H,2,4,7,12-14,16H2,1H3,(H,28,29)(H2,25,26,27). The fraction of sp³-hybridized carbons (Fsp3) is 0.391. The minimum atomic E-state index is -0.336. The molecule has 30 heavy (non-hydrogen) atoms. The maximum absolute atomic E-state index is 12.2. The Morgan fingerprint density at radius 2 is 2.00 bits per heavy atom. The molecule has 6 nitrogen and oxygen atoms in total. The lowest BCUT2D eigenvalue weighted by atomic mass is 10.1. The minimum Gasteiger partial charge on any atom is -0.368 e. The van der Waals surface area contributed by atoms with Crippen LogP contribution in [-0.2, 0) is 22.5 Å². The monoisotopic (exact) mass is 428 g/mol. The van der Waals surface area contributed by atoms with E-state index < -0.39 is 0 Å². The van der Waals surface area contributed by atoms with E-state index in [-0.39, 0.29) is 12.0 Å². The van der Waals surface area contributed by atoms with Crippen LogP contribution in [0, 0.1) is 0 Å². The van der Waals surface area contributed by atoms with Gasteiger partial charge in [0.05, 0.1) is 6.54 Å². The Bertz CT molecular complexity index is 849. The highest BCUT2D eigenvalue weighted by Gasteiger charge is 2.23. The zero-order valence-electron chi connectivity index (χ0n) is 17.3. The average Bonchev–Trinajstić information content (AvgIpc) is 3.29. The average molecular weight is 429 g/mol. The van der Waals surface area contributed by atoms with Gasteiger partial charge in [0.25, 0.3) is 5.91 Å². The lowest BCUT2D eigenvalue weighted by molar-refractivity contribution is -0.124. The van der Waals surface area contributed by atoms with Gasteiger partial charge < -0.3 is 20.7 Å². The molecule has 7 heteroatoms. The SMILES string of the molecule is CCNC(=NCc1cccc(NC(=O)C2CCCO2)c1)NCCc1ccc(Cl)cc1. The molecule has 3 rings (SSSR count). The molecule has 0 aromatic heterocycles. The van der Waals surface area contributed by atoms with Gasteiger partial charge in [-0.2, -0.15) is 0 Å². The molecular weight excluding hydrogens is 400 g/mol. The molecule has 1 heterocycles. The molecule has 0 radical (unpaired) electrons. The molecule has 1 amide bonds. The largest absolute Gasteiger partial charge is 0.368 e. The first-order valence-corrected chi connectivity index (χ1v) is 10.8. The van der Waals surface area contributed by atoms with Crippen molar-refractivity contribution in [1.82, 2.24) is 10.6 Å². The van der Waals surface area contributed by atoms with Gasteiger partial charge in [-0.1, -0.05) is 35.9 Å². The highest BCUT2D eigenvalue weighted by atomic mass is 35.5. The summed E-state index contributed by atoms with van der Waals surface area (Å²) in [4.78, 5) is 16.9. The van der Waals surface area contributed by atoms with E-state index in [1.54, 1.807) is 0 Å². The number of ether oxygens (including phenoxy) is 1. The maximum atomic E-state index is 12.2. The van der Waals surface area contributed by atoms with Gasteiger partial charge in [0.15, 0.2) is 5.96 Å². The Kier molecular flexibility index (Phi) is 8.53. The van der Waals surface area contributed by atoms with Crippen LogP contribution in [-0.4, -0.2) is 37.7 Å². The highest BCUT2D eigenvalue weighted by Crippen LogP contribution is 2.16. The number of carbonyl (C=O) groups is 1. The Labute approximate surface area is 183 Å². The Hall–Kier alpha value is -2.57. The third-order valence-electron chi connectivity index (χ3n) is 4.80. The van der Waals surface area contributed by atoms with Gasteiger partial charge in [-0.05, 0) is 61.6 Å². The minimum absolute atomic E-state index is 0.0784. The summed E-state index contributed by atoms with van der Waals surface area (Å²) in [5.74, 6) is 0.686. The van der Waals surface area contributed by atoms with Gasteiger partial charge in [-0.15, -0.1) is 0 Å². The van der Waals surface area contributed by atoms with Gasteiger partial charge in [0.2, 0.25) is 0 Å². The number of nitrogens with one attached hydrogen (secondary N) is 3. The van der Waals surface area contributed by atoms with Gasteiger partial charge in [0, 0.05) is 30.4 Å². The molecule has 0 bridgehead atoms. The molecule has 160 valence electrons. The summed E-state index contributed by atoms with van der Waals surface area (Å²) in [6.07, 6.45) is 2.26. The second kappa shape index (κ2) is 11.6. The first kappa shape index (κ1) is 22.1. The summed E-state index contributed by atoms with van der Waals surface area (Å²) >= 11 is 5.93. The first-order chi connectivity index (χ1) is 14.6. The molecule has 2 aromatic rings. The second-order valence-electron chi connectivity index (χ2n) is 7.19. The van der Waals surface area contributed by atoms with Crippen LogP contribution in [0.1, 0.15) is 30.9 Å². The number of anilines is 1. The van der Waals surface area contributed by atoms with Crippen LogP contribution in [0.25, 0.3) is 0 Å². The van der Waals surface area contributed by atoms with E-state index in [0.717, 1.165) is 54.6 Å². The summed E-state index contributed by atoms with van der Waals surface area (Å²) in [6.45, 7) is 4.76. The fourth-order valence-corrected chi connectivity index (χ4v) is 3.37. The third-order valence-corrected chi connectivity index (χ3v) is 5.05. The number of rotatable bonds is 8. The van der Waals surface area contributed by atoms with Crippen LogP contribution >= 0.6 is 11.6 Å². The van der Waals surface area contributed by atoms with Crippen molar-refractivity contribution >= 4 is 29.2 Å². The smallest absolute Gasteiger partial charge is 0.253 e. The van der Waals surface area contributed by atoms with Crippen LogP contribution in [0.2, 0.25) is 5.02 Å². The van der Waals surface area contributed by atoms with Crippen molar-refractivity contribution in [3.63, 3.8) is 0 Å².